The lowest BCUT2D eigenvalue weighted by molar-refractivity contribution is -0.138. The lowest BCUT2D eigenvalue weighted by Crippen LogP contribution is -2.19. The Balaban J connectivity index is 2.10. The Kier molecular flexibility index (Phi) is 8.59. The normalized spacial score (nSPS) is 14.2. The van der Waals surface area contributed by atoms with E-state index in [1.807, 2.05) is 26.0 Å². The van der Waals surface area contributed by atoms with Crippen LogP contribution in [-0.4, -0.2) is 41.2 Å². The Bertz CT molecular complexity index is 930. The van der Waals surface area contributed by atoms with Crippen LogP contribution in [0.3, 0.4) is 0 Å². The summed E-state index contributed by atoms with van der Waals surface area (Å²) in [6, 6.07) is 8.83. The number of benzene rings is 2. The molecule has 0 bridgehead atoms. The summed E-state index contributed by atoms with van der Waals surface area (Å²) in [4.78, 5) is 10.6. The van der Waals surface area contributed by atoms with Crippen LogP contribution in [0.1, 0.15) is 30.0 Å². The first-order valence-corrected chi connectivity index (χ1v) is 11.2. The molecule has 164 valence electrons. The lowest BCUT2D eigenvalue weighted by Gasteiger charge is -2.19. The van der Waals surface area contributed by atoms with E-state index in [1.54, 1.807) is 26.0 Å². The molecule has 0 heterocycles. The molecule has 0 saturated heterocycles. The van der Waals surface area contributed by atoms with Gasteiger partial charge < -0.3 is 19.5 Å². The first-order valence-electron chi connectivity index (χ1n) is 9.66. The largest absolute Gasteiger partial charge is 0.490 e. The van der Waals surface area contributed by atoms with Gasteiger partial charge in [-0.3, -0.25) is 9.36 Å². The van der Waals surface area contributed by atoms with E-state index in [2.05, 4.69) is 0 Å². The molecule has 8 heteroatoms. The molecule has 0 amide bonds. The van der Waals surface area contributed by atoms with Crippen LogP contribution >= 0.6 is 8.03 Å². The minimum atomic E-state index is -2.61. The minimum Gasteiger partial charge on any atom is -0.490 e. The van der Waals surface area contributed by atoms with Crippen LogP contribution in [0.5, 0.6) is 5.75 Å². The third kappa shape index (κ3) is 6.94. The third-order valence-corrected chi connectivity index (χ3v) is 5.97. The molecule has 2 aromatic rings. The highest BCUT2D eigenvalue weighted by Gasteiger charge is 2.18. The van der Waals surface area contributed by atoms with E-state index >= 15 is 0 Å². The number of aliphatic hydroxyl groups excluding tert-OH is 1. The van der Waals surface area contributed by atoms with Gasteiger partial charge >= 0.3 is 5.97 Å². The van der Waals surface area contributed by atoms with Gasteiger partial charge in [0.05, 0.1) is 18.6 Å². The predicted octanol–water partition coefficient (Wildman–Crippen LogP) is 4.51. The zero-order valence-electron chi connectivity index (χ0n) is 17.6. The van der Waals surface area contributed by atoms with E-state index in [0.717, 1.165) is 22.3 Å². The average Bonchev–Trinajstić information content (AvgIpc) is 2.61. The molecule has 2 aromatic carbocycles. The van der Waals surface area contributed by atoms with E-state index < -0.39 is 32.6 Å². The van der Waals surface area contributed by atoms with Gasteiger partial charge in [-0.25, -0.2) is 4.39 Å². The van der Waals surface area contributed by atoms with Gasteiger partial charge in [-0.2, -0.15) is 0 Å². The maximum absolute atomic E-state index is 13.7. The molecule has 0 spiro atoms. The van der Waals surface area contributed by atoms with Crippen LogP contribution in [0, 0.1) is 26.6 Å². The number of aliphatic carboxylic acids is 1. The van der Waals surface area contributed by atoms with Gasteiger partial charge in [-0.05, 0) is 68.1 Å². The molecule has 0 aliphatic heterocycles. The van der Waals surface area contributed by atoms with Crippen molar-refractivity contribution in [2.24, 2.45) is 0 Å². The van der Waals surface area contributed by atoms with Crippen molar-refractivity contribution in [2.75, 3.05) is 12.8 Å². The molecule has 0 aliphatic rings. The minimum absolute atomic E-state index is 0.114. The van der Waals surface area contributed by atoms with Crippen LogP contribution in [0.4, 0.5) is 4.39 Å². The standard InChI is InChI=1S/C22H28FO6P/c1-13-7-15(3)22(19(8-13)17-5-6-20(23)14(2)9-17)28-11-16(4)29-30(27)12-18(24)10-21(25)26/h5-9,16,18,24,30H,10-12H2,1-4H3,(H,25,26). The first kappa shape index (κ1) is 24.1. The van der Waals surface area contributed by atoms with E-state index in [9.17, 15) is 18.9 Å². The number of rotatable bonds is 10. The summed E-state index contributed by atoms with van der Waals surface area (Å²) in [6.45, 7) is 7.39. The fourth-order valence-electron chi connectivity index (χ4n) is 3.15. The highest BCUT2D eigenvalue weighted by Crippen LogP contribution is 2.36. The number of carboxylic acid groups (broad SMARTS) is 1. The molecule has 0 fully saturated rings. The van der Waals surface area contributed by atoms with E-state index in [1.165, 1.54) is 6.07 Å². The third-order valence-electron chi connectivity index (χ3n) is 4.50. The van der Waals surface area contributed by atoms with Crippen LogP contribution in [0.2, 0.25) is 0 Å². The number of hydrogen-bond donors (Lipinski definition) is 2. The van der Waals surface area contributed by atoms with Crippen LogP contribution in [0.25, 0.3) is 11.1 Å². The average molecular weight is 438 g/mol. The monoisotopic (exact) mass is 438 g/mol. The Labute approximate surface area is 176 Å². The molecular formula is C22H28FO6P. The van der Waals surface area contributed by atoms with Crippen LogP contribution in [-0.2, 0) is 13.9 Å². The van der Waals surface area contributed by atoms with E-state index in [4.69, 9.17) is 14.4 Å². The molecule has 0 saturated carbocycles. The summed E-state index contributed by atoms with van der Waals surface area (Å²) < 4.78 is 37.1. The topological polar surface area (TPSA) is 93.1 Å². The van der Waals surface area contributed by atoms with E-state index in [0.29, 0.717) is 11.3 Å². The van der Waals surface area contributed by atoms with Gasteiger partial charge in [0.15, 0.2) is 8.03 Å². The number of aliphatic hydroxyl groups is 1. The molecule has 6 nitrogen and oxygen atoms in total. The Morgan fingerprint density at radius 3 is 2.50 bits per heavy atom. The maximum Gasteiger partial charge on any atom is 0.305 e. The summed E-state index contributed by atoms with van der Waals surface area (Å²) in [5.41, 5.74) is 4.14. The molecule has 2 rings (SSSR count). The maximum atomic E-state index is 13.7. The highest BCUT2D eigenvalue weighted by atomic mass is 31.1. The fraction of sp³-hybridized carbons (Fsp3) is 0.409. The van der Waals surface area contributed by atoms with Crippen molar-refractivity contribution in [3.8, 4) is 16.9 Å². The molecule has 0 radical (unpaired) electrons. The van der Waals surface area contributed by atoms with Gasteiger partial charge in [-0.15, -0.1) is 0 Å². The molecule has 0 aliphatic carbocycles. The Morgan fingerprint density at radius 2 is 1.87 bits per heavy atom. The van der Waals surface area contributed by atoms with Crippen molar-refractivity contribution in [3.05, 3.63) is 52.8 Å². The quantitative estimate of drug-likeness (QED) is 0.530. The zero-order chi connectivity index (χ0) is 22.4. The first-order chi connectivity index (χ1) is 14.1. The van der Waals surface area contributed by atoms with Crippen molar-refractivity contribution in [3.63, 3.8) is 0 Å². The predicted molar refractivity (Wildman–Crippen MR) is 114 cm³/mol. The smallest absolute Gasteiger partial charge is 0.305 e. The second-order valence-electron chi connectivity index (χ2n) is 7.49. The number of carbonyl (C=O) groups is 1. The molecule has 3 atom stereocenters. The SMILES string of the molecule is Cc1cc(C)c(OCC(C)O[PH](=O)CC(O)CC(=O)O)c(-c2ccc(F)c(C)c2)c1. The number of halogens is 1. The van der Waals surface area contributed by atoms with Crippen LogP contribution < -0.4 is 4.74 Å². The number of ether oxygens (including phenoxy) is 1. The van der Waals surface area contributed by atoms with Gasteiger partial charge in [-0.1, -0.05) is 12.1 Å². The Morgan fingerprint density at radius 1 is 1.17 bits per heavy atom. The van der Waals surface area contributed by atoms with E-state index in [-0.39, 0.29) is 18.6 Å². The van der Waals surface area contributed by atoms with Crippen molar-refractivity contribution >= 4 is 14.0 Å². The molecule has 30 heavy (non-hydrogen) atoms. The Hall–Kier alpha value is -2.21. The van der Waals surface area contributed by atoms with Gasteiger partial charge in [0, 0.05) is 11.7 Å². The van der Waals surface area contributed by atoms with Crippen molar-refractivity contribution in [1.29, 1.82) is 0 Å². The van der Waals surface area contributed by atoms with Crippen LogP contribution in [0.15, 0.2) is 30.3 Å². The molecular weight excluding hydrogens is 410 g/mol. The fourth-order valence-corrected chi connectivity index (χ4v) is 4.29. The molecule has 0 aromatic heterocycles. The second-order valence-corrected chi connectivity index (χ2v) is 8.88. The summed E-state index contributed by atoms with van der Waals surface area (Å²) in [7, 11) is -2.61. The highest BCUT2D eigenvalue weighted by molar-refractivity contribution is 7.39. The summed E-state index contributed by atoms with van der Waals surface area (Å²) in [6.07, 6.45) is -2.44. The van der Waals surface area contributed by atoms with Crippen molar-refractivity contribution in [1.82, 2.24) is 0 Å². The second kappa shape index (κ2) is 10.7. The lowest BCUT2D eigenvalue weighted by atomic mass is 9.97. The summed E-state index contributed by atoms with van der Waals surface area (Å²) in [5, 5.41) is 18.2. The summed E-state index contributed by atoms with van der Waals surface area (Å²) >= 11 is 0. The van der Waals surface area contributed by atoms with Crippen molar-refractivity contribution < 1.29 is 33.2 Å². The van der Waals surface area contributed by atoms with Gasteiger partial charge in [0.2, 0.25) is 0 Å². The summed E-state index contributed by atoms with van der Waals surface area (Å²) in [5.74, 6) is -0.803. The number of hydrogen-bond acceptors (Lipinski definition) is 5. The van der Waals surface area contributed by atoms with Gasteiger partial charge in [0.1, 0.15) is 18.2 Å². The van der Waals surface area contributed by atoms with Gasteiger partial charge in [0.25, 0.3) is 0 Å². The number of aryl methyl sites for hydroxylation is 3. The molecule has 2 N–H and O–H groups in total. The molecule has 3 unspecified atom stereocenters. The number of carboxylic acids is 1. The zero-order valence-corrected chi connectivity index (χ0v) is 18.6. The van der Waals surface area contributed by atoms with Crippen molar-refractivity contribution in [2.45, 2.75) is 46.3 Å².